The molecule has 9 heteroatoms. The van der Waals surface area contributed by atoms with E-state index >= 15 is 0 Å². The minimum atomic E-state index is -1.23. The second kappa shape index (κ2) is 11.6. The van der Waals surface area contributed by atoms with E-state index in [1.165, 1.54) is 0 Å². The van der Waals surface area contributed by atoms with Gasteiger partial charge in [-0.25, -0.2) is 0 Å². The second-order valence-electron chi connectivity index (χ2n) is 8.72. The molecule has 0 spiro atoms. The Morgan fingerprint density at radius 2 is 1.79 bits per heavy atom. The van der Waals surface area contributed by atoms with E-state index in [1.54, 1.807) is 6.20 Å². The Kier molecular flexibility index (Phi) is 8.90. The number of nitrogens with one attached hydrogen (secondary N) is 2. The van der Waals surface area contributed by atoms with Gasteiger partial charge < -0.3 is 25.4 Å². The maximum atomic E-state index is 12.9. The Labute approximate surface area is 205 Å². The van der Waals surface area contributed by atoms with Crippen LogP contribution in [0, 0.1) is 11.8 Å². The van der Waals surface area contributed by atoms with Crippen LogP contribution in [0.4, 0.5) is 0 Å². The maximum Gasteiger partial charge on any atom is 1.00 e. The standard InChI is InChI=1S/C24H30N4O4.Li/c29-22(30)14-21(19-13-18-3-1-2-4-20(18)26-15-19)27-23(31)16-7-11-28(12-8-16)24(32)17-5-9-25-10-6-17;/h1-4,13,15-17,21,25H,5-12,14H2,(H,27,31)(H,29,30);/q;+1/p-1. The molecule has 3 heterocycles. The van der Waals surface area contributed by atoms with Crippen molar-refractivity contribution in [2.24, 2.45) is 11.8 Å². The zero-order valence-corrected chi connectivity index (χ0v) is 19.1. The van der Waals surface area contributed by atoms with Crippen molar-refractivity contribution in [2.45, 2.75) is 38.1 Å². The number of carboxylic acids is 1. The average Bonchev–Trinajstić information content (AvgIpc) is 2.83. The number of nitrogens with zero attached hydrogens (tertiary/aromatic N) is 2. The molecule has 0 bridgehead atoms. The minimum absolute atomic E-state index is 0. The monoisotopic (exact) mass is 444 g/mol. The molecular weight excluding hydrogens is 415 g/mol. The molecule has 2 N–H and O–H groups in total. The molecule has 0 saturated carbocycles. The molecule has 170 valence electrons. The third kappa shape index (κ3) is 6.35. The largest absolute Gasteiger partial charge is 1.00 e. The molecule has 8 nitrogen and oxygen atoms in total. The van der Waals surface area contributed by atoms with Crippen LogP contribution in [0.15, 0.2) is 36.5 Å². The van der Waals surface area contributed by atoms with Gasteiger partial charge in [0.15, 0.2) is 0 Å². The van der Waals surface area contributed by atoms with Gasteiger partial charge in [0.1, 0.15) is 0 Å². The van der Waals surface area contributed by atoms with Gasteiger partial charge in [0.25, 0.3) is 0 Å². The number of hydrogen-bond acceptors (Lipinski definition) is 6. The zero-order chi connectivity index (χ0) is 22.5. The van der Waals surface area contributed by atoms with Gasteiger partial charge in [-0.1, -0.05) is 18.2 Å². The quantitative estimate of drug-likeness (QED) is 0.488. The predicted molar refractivity (Wildman–Crippen MR) is 117 cm³/mol. The van der Waals surface area contributed by atoms with Crippen LogP contribution in [0.25, 0.3) is 10.9 Å². The SMILES string of the molecule is O=C([O-])CC(NC(=O)C1CCN(C(=O)C2CCNCC2)CC1)c1cnc2ccccc2c1.[Li+]. The molecule has 1 aromatic heterocycles. The molecule has 2 aliphatic heterocycles. The van der Waals surface area contributed by atoms with Gasteiger partial charge in [0, 0.05) is 48.9 Å². The van der Waals surface area contributed by atoms with Crippen molar-refractivity contribution in [2.75, 3.05) is 26.2 Å². The second-order valence-corrected chi connectivity index (χ2v) is 8.72. The fraction of sp³-hybridized carbons (Fsp3) is 0.500. The fourth-order valence-corrected chi connectivity index (χ4v) is 4.68. The molecule has 1 unspecified atom stereocenters. The van der Waals surface area contributed by atoms with Crippen molar-refractivity contribution >= 4 is 28.7 Å². The number of aromatic nitrogens is 1. The van der Waals surface area contributed by atoms with E-state index in [0.717, 1.165) is 36.8 Å². The van der Waals surface area contributed by atoms with E-state index in [9.17, 15) is 19.5 Å². The molecule has 0 aliphatic carbocycles. The summed E-state index contributed by atoms with van der Waals surface area (Å²) in [7, 11) is 0. The van der Waals surface area contributed by atoms with Crippen molar-refractivity contribution in [1.82, 2.24) is 20.5 Å². The first-order valence-electron chi connectivity index (χ1n) is 11.4. The summed E-state index contributed by atoms with van der Waals surface area (Å²) in [4.78, 5) is 43.3. The van der Waals surface area contributed by atoms with E-state index in [2.05, 4.69) is 15.6 Å². The Morgan fingerprint density at radius 3 is 2.48 bits per heavy atom. The van der Waals surface area contributed by atoms with E-state index in [0.29, 0.717) is 31.5 Å². The van der Waals surface area contributed by atoms with Gasteiger partial charge in [-0.05, 0) is 56.5 Å². The summed E-state index contributed by atoms with van der Waals surface area (Å²) >= 11 is 0. The van der Waals surface area contributed by atoms with Gasteiger partial charge >= 0.3 is 18.9 Å². The normalized spacial score (nSPS) is 18.4. The van der Waals surface area contributed by atoms with Gasteiger partial charge in [0.2, 0.25) is 11.8 Å². The number of pyridine rings is 1. The number of carbonyl (C=O) groups is 3. The number of rotatable bonds is 6. The van der Waals surface area contributed by atoms with Crippen LogP contribution in [0.1, 0.15) is 43.7 Å². The number of carboxylic acid groups (broad SMARTS) is 1. The third-order valence-electron chi connectivity index (χ3n) is 6.57. The molecule has 2 amide bonds. The summed E-state index contributed by atoms with van der Waals surface area (Å²) in [6.45, 7) is 2.87. The van der Waals surface area contributed by atoms with E-state index < -0.39 is 12.0 Å². The Morgan fingerprint density at radius 1 is 1.09 bits per heavy atom. The summed E-state index contributed by atoms with van der Waals surface area (Å²) in [6.07, 6.45) is 4.18. The molecular formula is C24H29LiN4O4. The molecule has 1 aromatic carbocycles. The van der Waals surface area contributed by atoms with Gasteiger partial charge in [-0.2, -0.15) is 0 Å². The van der Waals surface area contributed by atoms with Crippen molar-refractivity contribution in [3.8, 4) is 0 Å². The predicted octanol–water partition coefficient (Wildman–Crippen LogP) is -2.23. The summed E-state index contributed by atoms with van der Waals surface area (Å²) in [5, 5.41) is 18.4. The number of aliphatic carboxylic acids is 1. The molecule has 33 heavy (non-hydrogen) atoms. The van der Waals surface area contributed by atoms with Crippen LogP contribution in [-0.4, -0.2) is 53.8 Å². The number of carbonyl (C=O) groups excluding carboxylic acids is 3. The number of para-hydroxylation sites is 1. The molecule has 4 rings (SSSR count). The molecule has 2 aromatic rings. The molecule has 1 atom stereocenters. The fourth-order valence-electron chi connectivity index (χ4n) is 4.68. The van der Waals surface area contributed by atoms with Crippen LogP contribution < -0.4 is 34.6 Å². The topological polar surface area (TPSA) is 114 Å². The van der Waals surface area contributed by atoms with Crippen LogP contribution in [0.3, 0.4) is 0 Å². The first-order valence-corrected chi connectivity index (χ1v) is 11.4. The van der Waals surface area contributed by atoms with Crippen molar-refractivity contribution < 1.29 is 38.4 Å². The van der Waals surface area contributed by atoms with Crippen molar-refractivity contribution in [1.29, 1.82) is 0 Å². The third-order valence-corrected chi connectivity index (χ3v) is 6.57. The summed E-state index contributed by atoms with van der Waals surface area (Å²) in [5.74, 6) is -1.38. The van der Waals surface area contributed by atoms with Gasteiger partial charge in [-0.3, -0.25) is 14.6 Å². The van der Waals surface area contributed by atoms with Crippen LogP contribution >= 0.6 is 0 Å². The number of fused-ring (bicyclic) bond motifs is 1. The number of benzene rings is 1. The van der Waals surface area contributed by atoms with Crippen LogP contribution in [0.2, 0.25) is 0 Å². The first-order chi connectivity index (χ1) is 15.5. The van der Waals surface area contributed by atoms with Gasteiger partial charge in [-0.15, -0.1) is 0 Å². The Balaban J connectivity index is 0.00000306. The summed E-state index contributed by atoms with van der Waals surface area (Å²) in [6, 6.07) is 8.70. The van der Waals surface area contributed by atoms with Crippen molar-refractivity contribution in [3.63, 3.8) is 0 Å². The molecule has 2 saturated heterocycles. The number of amides is 2. The number of hydrogen-bond donors (Lipinski definition) is 2. The van der Waals surface area contributed by atoms with Crippen LogP contribution in [-0.2, 0) is 14.4 Å². The molecule has 0 radical (unpaired) electrons. The van der Waals surface area contributed by atoms with Crippen LogP contribution in [0.5, 0.6) is 0 Å². The zero-order valence-electron chi connectivity index (χ0n) is 19.1. The Bertz CT molecular complexity index is 987. The Hall–Kier alpha value is -2.40. The maximum absolute atomic E-state index is 12.9. The van der Waals surface area contributed by atoms with E-state index in [1.807, 2.05) is 35.2 Å². The van der Waals surface area contributed by atoms with E-state index in [4.69, 9.17) is 0 Å². The van der Waals surface area contributed by atoms with E-state index in [-0.39, 0.29) is 48.9 Å². The number of likely N-dealkylation sites (tertiary alicyclic amines) is 1. The molecule has 2 fully saturated rings. The number of piperidine rings is 2. The minimum Gasteiger partial charge on any atom is -0.550 e. The van der Waals surface area contributed by atoms with Crippen molar-refractivity contribution in [3.05, 3.63) is 42.1 Å². The molecule has 2 aliphatic rings. The smallest absolute Gasteiger partial charge is 0.550 e. The summed E-state index contributed by atoms with van der Waals surface area (Å²) in [5.41, 5.74) is 1.44. The van der Waals surface area contributed by atoms with Gasteiger partial charge in [0.05, 0.1) is 11.6 Å². The first kappa shape index (κ1) is 25.2. The summed E-state index contributed by atoms with van der Waals surface area (Å²) < 4.78 is 0. The average molecular weight is 444 g/mol.